The van der Waals surface area contributed by atoms with Gasteiger partial charge in [-0.05, 0) is 43.7 Å². The minimum absolute atomic E-state index is 0.0767. The highest BCUT2D eigenvalue weighted by Gasteiger charge is 2.36. The lowest BCUT2D eigenvalue weighted by Crippen LogP contribution is -2.19. The summed E-state index contributed by atoms with van der Waals surface area (Å²) < 4.78 is 95.8. The Labute approximate surface area is 199 Å². The molecule has 192 valence electrons. The molecule has 36 heavy (non-hydrogen) atoms. The number of aromatic nitrogens is 2. The van der Waals surface area contributed by atoms with Crippen LogP contribution in [0, 0.1) is 0 Å². The molecule has 3 aromatic rings. The first-order chi connectivity index (χ1) is 16.5. The van der Waals surface area contributed by atoms with Gasteiger partial charge in [0, 0.05) is 11.5 Å². The molecule has 0 aliphatic carbocycles. The minimum Gasteiger partial charge on any atom is -0.478 e. The third-order valence-electron chi connectivity index (χ3n) is 4.53. The van der Waals surface area contributed by atoms with Crippen molar-refractivity contribution in [3.63, 3.8) is 0 Å². The lowest BCUT2D eigenvalue weighted by atomic mass is 10.2. The molecule has 0 atom stereocenters. The maximum absolute atomic E-state index is 13.6. The van der Waals surface area contributed by atoms with Crippen LogP contribution in [0.4, 0.5) is 49.5 Å². The summed E-state index contributed by atoms with van der Waals surface area (Å²) in [7, 11) is -2.93. The molecule has 0 unspecified atom stereocenters. The van der Waals surface area contributed by atoms with Crippen molar-refractivity contribution >= 4 is 41.6 Å². The number of hydrogen-bond acceptors (Lipinski definition) is 7. The number of benzene rings is 2. The minimum atomic E-state index is -5.20. The molecule has 0 aliphatic rings. The molecule has 0 amide bonds. The first-order valence-corrected chi connectivity index (χ1v) is 12.4. The zero-order valence-corrected chi connectivity index (χ0v) is 19.3. The van der Waals surface area contributed by atoms with Gasteiger partial charge in [-0.1, -0.05) is 12.1 Å². The molecule has 0 bridgehead atoms. The molecular weight excluding hydrogens is 517 g/mol. The Morgan fingerprint density at radius 1 is 1.00 bits per heavy atom. The van der Waals surface area contributed by atoms with E-state index in [9.17, 15) is 35.7 Å². The van der Waals surface area contributed by atoms with E-state index < -0.39 is 60.0 Å². The van der Waals surface area contributed by atoms with Gasteiger partial charge in [-0.2, -0.15) is 18.2 Å². The van der Waals surface area contributed by atoms with Crippen molar-refractivity contribution in [1.82, 2.24) is 9.97 Å². The second-order valence-electron chi connectivity index (χ2n) is 7.64. The van der Waals surface area contributed by atoms with Crippen LogP contribution in [0.25, 0.3) is 0 Å². The highest BCUT2D eigenvalue weighted by Crippen LogP contribution is 2.40. The Morgan fingerprint density at radius 2 is 1.67 bits per heavy atom. The van der Waals surface area contributed by atoms with Crippen LogP contribution in [0.2, 0.25) is 0 Å². The lowest BCUT2D eigenvalue weighted by molar-refractivity contribution is -0.274. The molecule has 0 fully saturated rings. The predicted octanol–water partition coefficient (Wildman–Crippen LogP) is 5.83. The molecule has 1 aromatic heterocycles. The Hall–Kier alpha value is -3.80. The van der Waals surface area contributed by atoms with Crippen LogP contribution >= 0.6 is 7.14 Å². The topological polar surface area (TPSA) is 113 Å². The molecule has 0 saturated carbocycles. The van der Waals surface area contributed by atoms with Gasteiger partial charge in [-0.15, -0.1) is 13.2 Å². The van der Waals surface area contributed by atoms with E-state index in [4.69, 9.17) is 5.11 Å². The highest BCUT2D eigenvalue weighted by molar-refractivity contribution is 7.70. The van der Waals surface area contributed by atoms with Crippen LogP contribution in [-0.2, 0) is 10.7 Å². The Bertz CT molecular complexity index is 1340. The van der Waals surface area contributed by atoms with Gasteiger partial charge in [0.2, 0.25) is 5.95 Å². The molecular formula is C21H17F6N4O4P. The molecule has 3 rings (SSSR count). The molecule has 0 aliphatic heterocycles. The molecule has 1 heterocycles. The first-order valence-electron chi connectivity index (χ1n) is 9.80. The van der Waals surface area contributed by atoms with Gasteiger partial charge < -0.3 is 25.0 Å². The Morgan fingerprint density at radius 3 is 2.25 bits per heavy atom. The normalized spacial score (nSPS) is 12.2. The number of carbonyl (C=O) groups is 1. The number of alkyl halides is 6. The van der Waals surface area contributed by atoms with Crippen LogP contribution in [0.3, 0.4) is 0 Å². The average molecular weight is 534 g/mol. The number of anilines is 4. The standard InChI is InChI=1S/C21H17F6N4O4P/c1-36(2,34)16-6-4-3-5-14(16)29-17-12(20(22,23)24)10-28-19(31-17)30-13-8-7-11(18(32)33)9-15(13)35-21(25,26)27/h3-10H,1-2H3,(H,32,33)(H2,28,29,30,31). The SMILES string of the molecule is CP(C)(=O)c1ccccc1Nc1nc(Nc2ccc(C(=O)O)cc2OC(F)(F)F)ncc1C(F)(F)F. The van der Waals surface area contributed by atoms with E-state index >= 15 is 0 Å². The predicted molar refractivity (Wildman–Crippen MR) is 119 cm³/mol. The zero-order valence-electron chi connectivity index (χ0n) is 18.4. The lowest BCUT2D eigenvalue weighted by Gasteiger charge is -2.19. The number of para-hydroxylation sites is 1. The van der Waals surface area contributed by atoms with Crippen molar-refractivity contribution in [3.8, 4) is 5.75 Å². The summed E-state index contributed by atoms with van der Waals surface area (Å²) >= 11 is 0. The van der Waals surface area contributed by atoms with E-state index in [1.807, 2.05) is 0 Å². The van der Waals surface area contributed by atoms with Gasteiger partial charge in [-0.25, -0.2) is 9.78 Å². The molecule has 0 radical (unpaired) electrons. The first kappa shape index (κ1) is 26.8. The number of rotatable bonds is 7. The third kappa shape index (κ3) is 6.66. The van der Waals surface area contributed by atoms with Crippen molar-refractivity contribution in [2.24, 2.45) is 0 Å². The maximum atomic E-state index is 13.6. The van der Waals surface area contributed by atoms with E-state index in [1.165, 1.54) is 31.5 Å². The number of nitrogens with zero attached hydrogens (tertiary/aromatic N) is 2. The third-order valence-corrected chi connectivity index (χ3v) is 6.08. The number of carboxylic acids is 1. The van der Waals surface area contributed by atoms with E-state index in [0.717, 1.165) is 12.1 Å². The maximum Gasteiger partial charge on any atom is 0.573 e. The van der Waals surface area contributed by atoms with Crippen LogP contribution < -0.4 is 20.7 Å². The van der Waals surface area contributed by atoms with Gasteiger partial charge in [0.25, 0.3) is 0 Å². The summed E-state index contributed by atoms with van der Waals surface area (Å²) in [6.07, 6.45) is -9.70. The van der Waals surface area contributed by atoms with Crippen LogP contribution in [-0.4, -0.2) is 40.7 Å². The fourth-order valence-corrected chi connectivity index (χ4v) is 4.17. The van der Waals surface area contributed by atoms with E-state index in [2.05, 4.69) is 25.3 Å². The zero-order chi connectivity index (χ0) is 26.9. The van der Waals surface area contributed by atoms with E-state index in [0.29, 0.717) is 12.3 Å². The van der Waals surface area contributed by atoms with Crippen molar-refractivity contribution in [3.05, 3.63) is 59.8 Å². The van der Waals surface area contributed by atoms with Gasteiger partial charge in [0.05, 0.1) is 16.9 Å². The van der Waals surface area contributed by atoms with Crippen LogP contribution in [0.1, 0.15) is 15.9 Å². The van der Waals surface area contributed by atoms with Gasteiger partial charge >= 0.3 is 18.5 Å². The summed E-state index contributed by atoms with van der Waals surface area (Å²) in [6, 6.07) is 8.37. The highest BCUT2D eigenvalue weighted by atomic mass is 31.2. The number of carboxylic acid groups (broad SMARTS) is 1. The summed E-state index contributed by atoms with van der Waals surface area (Å²) in [4.78, 5) is 18.4. The van der Waals surface area contributed by atoms with Crippen LogP contribution in [0.15, 0.2) is 48.7 Å². The van der Waals surface area contributed by atoms with Crippen molar-refractivity contribution in [2.45, 2.75) is 12.5 Å². The number of aromatic carboxylic acids is 1. The quantitative estimate of drug-likeness (QED) is 0.257. The average Bonchev–Trinajstić information content (AvgIpc) is 2.73. The molecule has 15 heteroatoms. The van der Waals surface area contributed by atoms with E-state index in [1.54, 1.807) is 6.07 Å². The Kier molecular flexibility index (Phi) is 7.21. The van der Waals surface area contributed by atoms with Crippen molar-refractivity contribution < 1.29 is 45.5 Å². The number of nitrogens with one attached hydrogen (secondary N) is 2. The smallest absolute Gasteiger partial charge is 0.478 e. The van der Waals surface area contributed by atoms with Crippen molar-refractivity contribution in [2.75, 3.05) is 24.0 Å². The van der Waals surface area contributed by atoms with Gasteiger partial charge in [0.1, 0.15) is 18.5 Å². The largest absolute Gasteiger partial charge is 0.573 e. The molecule has 0 saturated heterocycles. The summed E-state index contributed by atoms with van der Waals surface area (Å²) in [5.74, 6) is -3.83. The fourth-order valence-electron chi connectivity index (χ4n) is 3.01. The molecule has 0 spiro atoms. The number of hydrogen-bond donors (Lipinski definition) is 3. The monoisotopic (exact) mass is 534 g/mol. The summed E-state index contributed by atoms with van der Waals surface area (Å²) in [5.41, 5.74) is -2.21. The molecule has 3 N–H and O–H groups in total. The van der Waals surface area contributed by atoms with Gasteiger partial charge in [0.15, 0.2) is 5.75 Å². The summed E-state index contributed by atoms with van der Waals surface area (Å²) in [5, 5.41) is 14.1. The number of halogens is 6. The Balaban J connectivity index is 2.07. The molecule has 8 nitrogen and oxygen atoms in total. The second kappa shape index (κ2) is 9.69. The number of ether oxygens (including phenoxy) is 1. The van der Waals surface area contributed by atoms with Gasteiger partial charge in [-0.3, -0.25) is 0 Å². The van der Waals surface area contributed by atoms with Crippen LogP contribution in [0.5, 0.6) is 5.75 Å². The molecule has 2 aromatic carbocycles. The summed E-state index contributed by atoms with van der Waals surface area (Å²) in [6.45, 7) is 2.85. The second-order valence-corrected chi connectivity index (χ2v) is 10.8. The van der Waals surface area contributed by atoms with E-state index in [-0.39, 0.29) is 11.0 Å². The van der Waals surface area contributed by atoms with Crippen molar-refractivity contribution in [1.29, 1.82) is 0 Å². The fraction of sp³-hybridized carbons (Fsp3) is 0.190.